The van der Waals surface area contributed by atoms with E-state index in [1.807, 2.05) is 24.3 Å². The van der Waals surface area contributed by atoms with Gasteiger partial charge < -0.3 is 14.4 Å². The Morgan fingerprint density at radius 2 is 1.12 bits per heavy atom. The smallest absolute Gasteiger partial charge is 0.174 e. The monoisotopic (exact) mass is 760 g/mol. The average Bonchev–Trinajstić information content (AvgIpc) is 3.90. The highest BCUT2D eigenvalue weighted by molar-refractivity contribution is 7.86. The lowest BCUT2D eigenvalue weighted by Crippen LogP contribution is -2.04. The first kappa shape index (κ1) is 34.1. The van der Waals surface area contributed by atoms with Crippen LogP contribution in [0.25, 0.3) is 45.0 Å². The molecule has 0 radical (unpaired) electrons. The Morgan fingerprint density at radius 3 is 1.63 bits per heavy atom. The molecule has 0 aliphatic rings. The number of furan rings is 1. The molecular formula is C36H24Cl2F2N6O3S2. The second-order valence-electron chi connectivity index (χ2n) is 10.8. The van der Waals surface area contributed by atoms with E-state index in [-0.39, 0.29) is 11.4 Å². The zero-order chi connectivity index (χ0) is 35.5. The summed E-state index contributed by atoms with van der Waals surface area (Å²) in [5.41, 5.74) is 3.51. The standard InChI is InChI=1S/C19H12ClF2N3OS.C17H12ClN3O2S/c20-12-4-1-2-7-15(12)25-27(26)11-8-9-16-17(10-11)24-19(23-16)18-13(21)5-3-6-14(18)22;18-12-4-1-2-5-13(12)21-24(22)11-7-8-14-15(10-11)20-17(19-14)16-6-3-9-23-16/h1-10,25H,(H,23,24);1-10,21H,(H,19,20). The molecule has 0 spiro atoms. The molecule has 2 unspecified atom stereocenters. The third kappa shape index (κ3) is 7.56. The predicted molar refractivity (Wildman–Crippen MR) is 198 cm³/mol. The van der Waals surface area contributed by atoms with Gasteiger partial charge in [-0.2, -0.15) is 0 Å². The van der Waals surface area contributed by atoms with Crippen molar-refractivity contribution in [1.29, 1.82) is 0 Å². The Hall–Kier alpha value is -5.34. The number of aromatic amines is 2. The summed E-state index contributed by atoms with van der Waals surface area (Å²) in [7, 11) is -3.01. The Kier molecular flexibility index (Phi) is 9.95. The van der Waals surface area contributed by atoms with E-state index < -0.39 is 33.6 Å². The topological polar surface area (TPSA) is 129 Å². The number of aromatic nitrogens is 4. The van der Waals surface area contributed by atoms with Gasteiger partial charge in [-0.1, -0.05) is 53.5 Å². The number of halogens is 4. The number of rotatable bonds is 8. The number of hydrogen-bond donors (Lipinski definition) is 4. The number of para-hydroxylation sites is 2. The summed E-state index contributed by atoms with van der Waals surface area (Å²) < 4.78 is 64.2. The summed E-state index contributed by atoms with van der Waals surface area (Å²) in [5.74, 6) is -0.0564. The summed E-state index contributed by atoms with van der Waals surface area (Å²) >= 11 is 12.2. The highest BCUT2D eigenvalue weighted by Gasteiger charge is 2.16. The Labute approximate surface area is 304 Å². The summed E-state index contributed by atoms with van der Waals surface area (Å²) in [6.45, 7) is 0. The molecule has 0 saturated carbocycles. The molecule has 15 heteroatoms. The molecule has 2 atom stereocenters. The molecule has 0 saturated heterocycles. The van der Waals surface area contributed by atoms with Crippen LogP contribution in [-0.2, 0) is 22.0 Å². The molecule has 0 aliphatic heterocycles. The van der Waals surface area contributed by atoms with Gasteiger partial charge in [-0.3, -0.25) is 9.44 Å². The number of H-pyrrole nitrogens is 2. The van der Waals surface area contributed by atoms with E-state index in [4.69, 9.17) is 27.6 Å². The number of fused-ring (bicyclic) bond motifs is 2. The Balaban J connectivity index is 0.000000160. The van der Waals surface area contributed by atoms with Crippen LogP contribution in [0.4, 0.5) is 20.2 Å². The molecular weight excluding hydrogens is 737 g/mol. The largest absolute Gasteiger partial charge is 0.461 e. The van der Waals surface area contributed by atoms with Crippen molar-refractivity contribution >= 4 is 78.6 Å². The average molecular weight is 762 g/mol. The molecule has 256 valence electrons. The van der Waals surface area contributed by atoms with E-state index >= 15 is 0 Å². The van der Waals surface area contributed by atoms with Gasteiger partial charge in [0.1, 0.15) is 39.4 Å². The van der Waals surface area contributed by atoms with Gasteiger partial charge in [0.05, 0.1) is 65.1 Å². The Morgan fingerprint density at radius 1 is 0.608 bits per heavy atom. The molecule has 0 bridgehead atoms. The number of nitrogens with one attached hydrogen (secondary N) is 4. The molecule has 8 aromatic rings. The third-order valence-electron chi connectivity index (χ3n) is 7.44. The fourth-order valence-electron chi connectivity index (χ4n) is 4.99. The van der Waals surface area contributed by atoms with Gasteiger partial charge in [-0.15, -0.1) is 0 Å². The molecule has 5 aromatic carbocycles. The van der Waals surface area contributed by atoms with E-state index in [2.05, 4.69) is 29.4 Å². The minimum absolute atomic E-state index is 0.0718. The van der Waals surface area contributed by atoms with Gasteiger partial charge >= 0.3 is 0 Å². The molecule has 51 heavy (non-hydrogen) atoms. The predicted octanol–water partition coefficient (Wildman–Crippen LogP) is 9.91. The summed E-state index contributed by atoms with van der Waals surface area (Å²) in [6.07, 6.45) is 1.59. The van der Waals surface area contributed by atoms with Gasteiger partial charge in [0.2, 0.25) is 0 Å². The molecule has 3 heterocycles. The van der Waals surface area contributed by atoms with E-state index in [1.165, 1.54) is 18.2 Å². The molecule has 0 amide bonds. The summed E-state index contributed by atoms with van der Waals surface area (Å²) in [5, 5.41) is 0.972. The van der Waals surface area contributed by atoms with Crippen LogP contribution in [0.15, 0.2) is 136 Å². The molecule has 0 aliphatic carbocycles. The fourth-order valence-corrected chi connectivity index (χ4v) is 7.29. The Bertz CT molecular complexity index is 2540. The summed E-state index contributed by atoms with van der Waals surface area (Å²) in [6, 6.07) is 31.7. The molecule has 0 fully saturated rings. The van der Waals surface area contributed by atoms with Gasteiger partial charge in [0.25, 0.3) is 0 Å². The lowest BCUT2D eigenvalue weighted by atomic mass is 10.2. The molecule has 3 aromatic heterocycles. The van der Waals surface area contributed by atoms with Gasteiger partial charge in [0, 0.05) is 0 Å². The van der Waals surface area contributed by atoms with E-state index in [0.717, 1.165) is 11.0 Å². The molecule has 8 rings (SSSR count). The number of benzene rings is 5. The van der Waals surface area contributed by atoms with Gasteiger partial charge in [0.15, 0.2) is 11.6 Å². The van der Waals surface area contributed by atoms with Crippen LogP contribution in [0.2, 0.25) is 10.0 Å². The van der Waals surface area contributed by atoms with Crippen molar-refractivity contribution in [2.45, 2.75) is 9.79 Å². The minimum atomic E-state index is -1.58. The van der Waals surface area contributed by atoms with Crippen molar-refractivity contribution < 1.29 is 21.6 Å². The van der Waals surface area contributed by atoms with Crippen molar-refractivity contribution in [2.24, 2.45) is 0 Å². The van der Waals surface area contributed by atoms with Crippen molar-refractivity contribution in [3.05, 3.63) is 143 Å². The van der Waals surface area contributed by atoms with Crippen molar-refractivity contribution in [3.63, 3.8) is 0 Å². The highest BCUT2D eigenvalue weighted by atomic mass is 35.5. The van der Waals surface area contributed by atoms with E-state index in [1.54, 1.807) is 79.1 Å². The lowest BCUT2D eigenvalue weighted by molar-refractivity contribution is 0.578. The fraction of sp³-hybridized carbons (Fsp3) is 0. The first-order valence-electron chi connectivity index (χ1n) is 15.1. The lowest BCUT2D eigenvalue weighted by Gasteiger charge is -2.07. The zero-order valence-electron chi connectivity index (χ0n) is 26.0. The van der Waals surface area contributed by atoms with Crippen molar-refractivity contribution in [1.82, 2.24) is 19.9 Å². The zero-order valence-corrected chi connectivity index (χ0v) is 29.1. The number of nitrogens with zero attached hydrogens (tertiary/aromatic N) is 2. The van der Waals surface area contributed by atoms with Gasteiger partial charge in [-0.25, -0.2) is 27.2 Å². The minimum Gasteiger partial charge on any atom is -0.461 e. The van der Waals surface area contributed by atoms with E-state index in [0.29, 0.717) is 53.8 Å². The molecule has 4 N–H and O–H groups in total. The maximum Gasteiger partial charge on any atom is 0.174 e. The van der Waals surface area contributed by atoms with Crippen LogP contribution in [0.1, 0.15) is 0 Å². The third-order valence-corrected chi connectivity index (χ3v) is 10.3. The SMILES string of the molecule is O=S(Nc1ccccc1Cl)c1ccc2nc(-c3c(F)cccc3F)[nH]c2c1.O=S(Nc1ccccc1Cl)c1ccc2nc(-c3ccco3)[nH]c2c1. The van der Waals surface area contributed by atoms with Crippen LogP contribution in [0.5, 0.6) is 0 Å². The highest BCUT2D eigenvalue weighted by Crippen LogP contribution is 2.29. The summed E-state index contributed by atoms with van der Waals surface area (Å²) in [4.78, 5) is 15.8. The first-order chi connectivity index (χ1) is 24.7. The molecule has 9 nitrogen and oxygen atoms in total. The van der Waals surface area contributed by atoms with Crippen LogP contribution >= 0.6 is 23.2 Å². The van der Waals surface area contributed by atoms with Crippen molar-refractivity contribution in [3.8, 4) is 23.0 Å². The second kappa shape index (κ2) is 14.9. The normalized spacial score (nSPS) is 12.3. The van der Waals surface area contributed by atoms with Crippen LogP contribution in [0, 0.1) is 11.6 Å². The first-order valence-corrected chi connectivity index (χ1v) is 18.1. The van der Waals surface area contributed by atoms with E-state index in [9.17, 15) is 17.2 Å². The number of anilines is 2. The van der Waals surface area contributed by atoms with Crippen molar-refractivity contribution in [2.75, 3.05) is 9.44 Å². The van der Waals surface area contributed by atoms with Crippen LogP contribution < -0.4 is 9.44 Å². The van der Waals surface area contributed by atoms with Crippen LogP contribution in [0.3, 0.4) is 0 Å². The maximum atomic E-state index is 14.0. The van der Waals surface area contributed by atoms with Gasteiger partial charge in [-0.05, 0) is 84.9 Å². The maximum absolute atomic E-state index is 14.0. The second-order valence-corrected chi connectivity index (χ2v) is 14.0. The number of hydrogen-bond acceptors (Lipinski definition) is 5. The number of imidazole rings is 2. The quantitative estimate of drug-likeness (QED) is 0.123. The van der Waals surface area contributed by atoms with Crippen LogP contribution in [-0.4, -0.2) is 28.4 Å².